The second-order valence-electron chi connectivity index (χ2n) is 4.66. The first kappa shape index (κ1) is 16.1. The normalized spacial score (nSPS) is 12.2. The standard InChI is InChI=1S/C16H20ClNO2S/c1-4-7-18-16(15-9-12(20-3)10-21-15)13-6-5-11(19-2)8-14(13)17/h5-6,8-10,16,18H,4,7H2,1-3H3. The summed E-state index contributed by atoms with van der Waals surface area (Å²) in [7, 11) is 3.32. The average Bonchev–Trinajstić information content (AvgIpc) is 2.97. The first-order chi connectivity index (χ1) is 10.2. The van der Waals surface area contributed by atoms with E-state index in [0.29, 0.717) is 5.02 Å². The van der Waals surface area contributed by atoms with Crippen LogP contribution in [0.1, 0.15) is 29.8 Å². The largest absolute Gasteiger partial charge is 0.497 e. The fourth-order valence-electron chi connectivity index (χ4n) is 2.11. The predicted molar refractivity (Wildman–Crippen MR) is 89.0 cm³/mol. The highest BCUT2D eigenvalue weighted by molar-refractivity contribution is 7.10. The third kappa shape index (κ3) is 3.90. The number of thiophene rings is 1. The van der Waals surface area contributed by atoms with Crippen LogP contribution in [0.3, 0.4) is 0 Å². The quantitative estimate of drug-likeness (QED) is 0.812. The van der Waals surface area contributed by atoms with E-state index >= 15 is 0 Å². The Balaban J connectivity index is 2.35. The minimum atomic E-state index is 0.0669. The van der Waals surface area contributed by atoms with E-state index in [2.05, 4.69) is 18.3 Å². The monoisotopic (exact) mass is 325 g/mol. The SMILES string of the molecule is CCCNC(c1cc(OC)cs1)c1ccc(OC)cc1Cl. The molecule has 1 heterocycles. The van der Waals surface area contributed by atoms with Gasteiger partial charge in [-0.05, 0) is 36.7 Å². The van der Waals surface area contributed by atoms with Gasteiger partial charge in [0.05, 0.1) is 20.3 Å². The van der Waals surface area contributed by atoms with Crippen molar-refractivity contribution in [1.29, 1.82) is 0 Å². The van der Waals surface area contributed by atoms with Gasteiger partial charge in [-0.2, -0.15) is 0 Å². The molecule has 2 aromatic rings. The summed E-state index contributed by atoms with van der Waals surface area (Å²) in [6.07, 6.45) is 1.06. The van der Waals surface area contributed by atoms with Crippen molar-refractivity contribution in [3.8, 4) is 11.5 Å². The molecule has 21 heavy (non-hydrogen) atoms. The van der Waals surface area contributed by atoms with Gasteiger partial charge in [-0.25, -0.2) is 0 Å². The number of hydrogen-bond donors (Lipinski definition) is 1. The Labute approximate surface area is 134 Å². The van der Waals surface area contributed by atoms with E-state index in [1.54, 1.807) is 25.6 Å². The molecular formula is C16H20ClNO2S. The van der Waals surface area contributed by atoms with Gasteiger partial charge in [0.25, 0.3) is 0 Å². The Hall–Kier alpha value is -1.23. The molecule has 1 N–H and O–H groups in total. The van der Waals surface area contributed by atoms with Gasteiger partial charge in [-0.1, -0.05) is 24.6 Å². The second kappa shape index (κ2) is 7.69. The van der Waals surface area contributed by atoms with Gasteiger partial charge in [0.15, 0.2) is 0 Å². The van der Waals surface area contributed by atoms with Gasteiger partial charge in [0, 0.05) is 15.3 Å². The number of benzene rings is 1. The van der Waals surface area contributed by atoms with Crippen LogP contribution in [0.4, 0.5) is 0 Å². The summed E-state index contributed by atoms with van der Waals surface area (Å²) in [6.45, 7) is 3.07. The minimum Gasteiger partial charge on any atom is -0.497 e. The summed E-state index contributed by atoms with van der Waals surface area (Å²) in [4.78, 5) is 1.19. The van der Waals surface area contributed by atoms with Crippen molar-refractivity contribution in [3.05, 3.63) is 45.1 Å². The molecule has 5 heteroatoms. The van der Waals surface area contributed by atoms with Crippen LogP contribution in [0.5, 0.6) is 11.5 Å². The molecule has 1 aromatic heterocycles. The molecule has 114 valence electrons. The molecule has 0 spiro atoms. The van der Waals surface area contributed by atoms with Crippen molar-refractivity contribution in [2.75, 3.05) is 20.8 Å². The summed E-state index contributed by atoms with van der Waals surface area (Å²) in [5.74, 6) is 1.64. The molecule has 1 aromatic carbocycles. The fourth-order valence-corrected chi connectivity index (χ4v) is 3.34. The Kier molecular flexibility index (Phi) is 5.91. The Morgan fingerprint density at radius 1 is 1.19 bits per heavy atom. The summed E-state index contributed by atoms with van der Waals surface area (Å²) >= 11 is 8.09. The lowest BCUT2D eigenvalue weighted by Crippen LogP contribution is -2.22. The zero-order valence-corrected chi connectivity index (χ0v) is 14.1. The van der Waals surface area contributed by atoms with Crippen LogP contribution in [-0.4, -0.2) is 20.8 Å². The molecule has 0 radical (unpaired) electrons. The van der Waals surface area contributed by atoms with Crippen molar-refractivity contribution < 1.29 is 9.47 Å². The smallest absolute Gasteiger partial charge is 0.129 e. The zero-order chi connectivity index (χ0) is 15.2. The van der Waals surface area contributed by atoms with Crippen molar-refractivity contribution in [2.45, 2.75) is 19.4 Å². The van der Waals surface area contributed by atoms with E-state index in [9.17, 15) is 0 Å². The van der Waals surface area contributed by atoms with Crippen LogP contribution in [0.2, 0.25) is 5.02 Å². The highest BCUT2D eigenvalue weighted by atomic mass is 35.5. The molecule has 0 aliphatic rings. The van der Waals surface area contributed by atoms with Crippen LogP contribution in [-0.2, 0) is 0 Å². The van der Waals surface area contributed by atoms with Crippen molar-refractivity contribution in [3.63, 3.8) is 0 Å². The van der Waals surface area contributed by atoms with Gasteiger partial charge in [-0.3, -0.25) is 0 Å². The third-order valence-corrected chi connectivity index (χ3v) is 4.54. The molecule has 0 aliphatic heterocycles. The minimum absolute atomic E-state index is 0.0669. The lowest BCUT2D eigenvalue weighted by molar-refractivity contribution is 0.414. The molecule has 1 unspecified atom stereocenters. The lowest BCUT2D eigenvalue weighted by atomic mass is 10.0. The van der Waals surface area contributed by atoms with E-state index in [1.807, 2.05) is 23.6 Å². The van der Waals surface area contributed by atoms with Crippen molar-refractivity contribution in [1.82, 2.24) is 5.32 Å². The van der Waals surface area contributed by atoms with Crippen LogP contribution >= 0.6 is 22.9 Å². The number of halogens is 1. The van der Waals surface area contributed by atoms with E-state index in [4.69, 9.17) is 21.1 Å². The molecule has 0 fully saturated rings. The molecule has 1 atom stereocenters. The maximum Gasteiger partial charge on any atom is 0.129 e. The first-order valence-corrected chi connectivity index (χ1v) is 8.14. The summed E-state index contributed by atoms with van der Waals surface area (Å²) in [5.41, 5.74) is 1.05. The number of methoxy groups -OCH3 is 2. The van der Waals surface area contributed by atoms with Crippen LogP contribution < -0.4 is 14.8 Å². The van der Waals surface area contributed by atoms with E-state index < -0.39 is 0 Å². The van der Waals surface area contributed by atoms with E-state index in [1.165, 1.54) is 4.88 Å². The first-order valence-electron chi connectivity index (χ1n) is 6.88. The topological polar surface area (TPSA) is 30.5 Å². The molecular weight excluding hydrogens is 306 g/mol. The van der Waals surface area contributed by atoms with Gasteiger partial charge in [0.1, 0.15) is 11.5 Å². The molecule has 0 amide bonds. The van der Waals surface area contributed by atoms with Gasteiger partial charge >= 0.3 is 0 Å². The maximum absolute atomic E-state index is 6.43. The number of hydrogen-bond acceptors (Lipinski definition) is 4. The van der Waals surface area contributed by atoms with Crippen molar-refractivity contribution in [2.24, 2.45) is 0 Å². The third-order valence-electron chi connectivity index (χ3n) is 3.23. The Bertz CT molecular complexity index is 585. The van der Waals surface area contributed by atoms with E-state index in [-0.39, 0.29) is 6.04 Å². The summed E-state index contributed by atoms with van der Waals surface area (Å²) in [5, 5.41) is 6.26. The summed E-state index contributed by atoms with van der Waals surface area (Å²) in [6, 6.07) is 7.92. The zero-order valence-electron chi connectivity index (χ0n) is 12.5. The Morgan fingerprint density at radius 3 is 2.52 bits per heavy atom. The molecule has 3 nitrogen and oxygen atoms in total. The van der Waals surface area contributed by atoms with Gasteiger partial charge < -0.3 is 14.8 Å². The number of nitrogens with one attached hydrogen (secondary N) is 1. The van der Waals surface area contributed by atoms with Crippen LogP contribution in [0.25, 0.3) is 0 Å². The Morgan fingerprint density at radius 2 is 1.95 bits per heavy atom. The molecule has 0 saturated carbocycles. The van der Waals surface area contributed by atoms with Crippen molar-refractivity contribution >= 4 is 22.9 Å². The van der Waals surface area contributed by atoms with E-state index in [0.717, 1.165) is 30.0 Å². The molecule has 2 rings (SSSR count). The number of rotatable bonds is 7. The number of ether oxygens (including phenoxy) is 2. The highest BCUT2D eigenvalue weighted by Gasteiger charge is 2.19. The van der Waals surface area contributed by atoms with Crippen LogP contribution in [0.15, 0.2) is 29.6 Å². The lowest BCUT2D eigenvalue weighted by Gasteiger charge is -2.19. The molecule has 0 saturated heterocycles. The van der Waals surface area contributed by atoms with Gasteiger partial charge in [-0.15, -0.1) is 11.3 Å². The fraction of sp³-hybridized carbons (Fsp3) is 0.375. The molecule has 0 aliphatic carbocycles. The average molecular weight is 326 g/mol. The predicted octanol–water partition coefficient (Wildman–Crippen LogP) is 4.51. The van der Waals surface area contributed by atoms with Crippen LogP contribution in [0, 0.1) is 0 Å². The second-order valence-corrected chi connectivity index (χ2v) is 6.01. The summed E-state index contributed by atoms with van der Waals surface area (Å²) < 4.78 is 10.5. The molecule has 0 bridgehead atoms. The maximum atomic E-state index is 6.43. The van der Waals surface area contributed by atoms with Gasteiger partial charge in [0.2, 0.25) is 0 Å². The highest BCUT2D eigenvalue weighted by Crippen LogP contribution is 2.35.